The number of hydrogen-bond acceptors (Lipinski definition) is 8. The maximum atomic E-state index is 12.5. The number of ether oxygens (including phenoxy) is 3. The summed E-state index contributed by atoms with van der Waals surface area (Å²) in [5.41, 5.74) is 7.64. The van der Waals surface area contributed by atoms with E-state index in [2.05, 4.69) is 46.0 Å². The third-order valence-electron chi connectivity index (χ3n) is 11.8. The number of carbonyl (C=O) groups is 2. The van der Waals surface area contributed by atoms with E-state index in [0.717, 1.165) is 54.8 Å². The van der Waals surface area contributed by atoms with E-state index in [4.69, 9.17) is 19.9 Å². The van der Waals surface area contributed by atoms with Gasteiger partial charge in [-0.2, -0.15) is 0 Å². The predicted molar refractivity (Wildman–Crippen MR) is 183 cm³/mol. The van der Waals surface area contributed by atoms with E-state index in [1.54, 1.807) is 21.6 Å². The minimum absolute atomic E-state index is 0. The predicted octanol–water partition coefficient (Wildman–Crippen LogP) is 5.62. The first-order chi connectivity index (χ1) is 21.1. The molecule has 0 saturated heterocycles. The molecule has 0 aromatic carbocycles. The first-order valence-corrected chi connectivity index (χ1v) is 19.9. The monoisotopic (exact) mass is 731 g/mol. The lowest BCUT2D eigenvalue weighted by Crippen LogP contribution is -3.00. The van der Waals surface area contributed by atoms with Crippen molar-refractivity contribution < 1.29 is 40.8 Å². The van der Waals surface area contributed by atoms with Crippen LogP contribution in [0.5, 0.6) is 0 Å². The summed E-state index contributed by atoms with van der Waals surface area (Å²) in [7, 11) is 3.18. The first kappa shape index (κ1) is 38.9. The van der Waals surface area contributed by atoms with Crippen molar-refractivity contribution in [2.75, 3.05) is 37.8 Å². The number of carbonyl (C=O) groups excluding carboxylic acids is 2. The van der Waals surface area contributed by atoms with Gasteiger partial charge in [0.25, 0.3) is 0 Å². The van der Waals surface area contributed by atoms with Gasteiger partial charge in [0.1, 0.15) is 19.3 Å². The van der Waals surface area contributed by atoms with Crippen molar-refractivity contribution in [1.29, 1.82) is 0 Å². The molecule has 7 nitrogen and oxygen atoms in total. The standard InChI is InChI=1S/C35H60N2O5S2.BrH/c1-24(2)7-6-8-25(3)29-11-12-30-28-10-9-26-23-27(13-15-34(26,4)31(28)14-16-35(29,30)5)42-33(39)41-20-22-44-43-21-19-40-32(38)37-18-17-36;/h9,24-25,27-31H,6-8,10-23,36H2,1-5H3,(H,37,38);1H/p-1. The number of allylic oxidation sites excluding steroid dienone is 1. The molecular formula is C35H60BrN2O5S2-. The summed E-state index contributed by atoms with van der Waals surface area (Å²) in [6.45, 7) is 13.9. The number of fused-ring (bicyclic) bond motifs is 5. The highest BCUT2D eigenvalue weighted by Crippen LogP contribution is 2.67. The molecule has 4 aliphatic carbocycles. The first-order valence-electron chi connectivity index (χ1n) is 17.5. The summed E-state index contributed by atoms with van der Waals surface area (Å²) in [5, 5.41) is 2.56. The van der Waals surface area contributed by atoms with Crippen LogP contribution in [0.1, 0.15) is 105 Å². The van der Waals surface area contributed by atoms with Crippen molar-refractivity contribution in [3.05, 3.63) is 11.6 Å². The molecule has 0 spiro atoms. The lowest BCUT2D eigenvalue weighted by Gasteiger charge is -2.58. The van der Waals surface area contributed by atoms with E-state index in [9.17, 15) is 9.59 Å². The van der Waals surface area contributed by atoms with Crippen LogP contribution in [0.3, 0.4) is 0 Å². The van der Waals surface area contributed by atoms with Gasteiger partial charge in [-0.05, 0) is 91.3 Å². The SMILES string of the molecule is CC(C)CCCC(C)C1CCC2C3CC=C4CC(OC(=O)OCCSSCCOC(=O)NCCN)CCC4(C)C3CCC12C.[Br-]. The summed E-state index contributed by atoms with van der Waals surface area (Å²) in [6.07, 6.45) is 15.3. The molecule has 0 aromatic rings. The number of nitrogens with one attached hydrogen (secondary N) is 1. The Morgan fingerprint density at radius 3 is 2.44 bits per heavy atom. The van der Waals surface area contributed by atoms with Crippen molar-refractivity contribution in [2.24, 2.45) is 52.1 Å². The van der Waals surface area contributed by atoms with Crippen LogP contribution in [-0.4, -0.2) is 56.2 Å². The molecule has 10 heteroatoms. The lowest BCUT2D eigenvalue weighted by molar-refractivity contribution is -0.0614. The van der Waals surface area contributed by atoms with Gasteiger partial charge in [-0.1, -0.05) is 87.1 Å². The molecule has 1 amide bonds. The number of alkyl carbamates (subject to hydrolysis) is 1. The Hall–Kier alpha value is -0.580. The Morgan fingerprint density at radius 1 is 1.00 bits per heavy atom. The fourth-order valence-corrected chi connectivity index (χ4v) is 11.2. The summed E-state index contributed by atoms with van der Waals surface area (Å²) < 4.78 is 16.2. The molecular weight excluding hydrogens is 672 g/mol. The number of halogens is 1. The van der Waals surface area contributed by atoms with Gasteiger partial charge in [0.2, 0.25) is 0 Å². The van der Waals surface area contributed by atoms with Crippen LogP contribution in [-0.2, 0) is 14.2 Å². The van der Waals surface area contributed by atoms with E-state index in [0.29, 0.717) is 43.2 Å². The highest BCUT2D eigenvalue weighted by Gasteiger charge is 2.59. The van der Waals surface area contributed by atoms with Crippen LogP contribution < -0.4 is 28.0 Å². The zero-order chi connectivity index (χ0) is 31.7. The number of nitrogens with two attached hydrogens (primary N) is 1. The highest BCUT2D eigenvalue weighted by atomic mass is 79.9. The van der Waals surface area contributed by atoms with E-state index >= 15 is 0 Å². The average Bonchev–Trinajstić information content (AvgIpc) is 3.34. The number of hydrogen-bond donors (Lipinski definition) is 2. The molecule has 3 saturated carbocycles. The molecule has 3 fully saturated rings. The van der Waals surface area contributed by atoms with E-state index in [1.807, 2.05) is 0 Å². The maximum Gasteiger partial charge on any atom is 0.508 e. The third-order valence-corrected chi connectivity index (χ3v) is 14.1. The maximum absolute atomic E-state index is 12.5. The van der Waals surface area contributed by atoms with E-state index in [1.165, 1.54) is 56.9 Å². The molecule has 3 N–H and O–H groups in total. The molecule has 260 valence electrons. The summed E-state index contributed by atoms with van der Waals surface area (Å²) in [6, 6.07) is 0. The minimum atomic E-state index is -0.550. The Bertz CT molecular complexity index is 986. The molecule has 4 rings (SSSR count). The quantitative estimate of drug-likeness (QED) is 0.0970. The van der Waals surface area contributed by atoms with Crippen molar-refractivity contribution in [1.82, 2.24) is 5.32 Å². The normalized spacial score (nSPS) is 32.7. The Kier molecular flexibility index (Phi) is 15.8. The summed E-state index contributed by atoms with van der Waals surface area (Å²) in [4.78, 5) is 23.8. The molecule has 4 aliphatic rings. The van der Waals surface area contributed by atoms with Crippen molar-refractivity contribution in [3.8, 4) is 0 Å². The second kappa shape index (κ2) is 18.3. The molecule has 0 aliphatic heterocycles. The third kappa shape index (κ3) is 9.97. The van der Waals surface area contributed by atoms with Gasteiger partial charge < -0.3 is 42.2 Å². The van der Waals surface area contributed by atoms with Gasteiger partial charge in [0, 0.05) is 31.0 Å². The lowest BCUT2D eigenvalue weighted by atomic mass is 9.47. The van der Waals surface area contributed by atoms with Crippen LogP contribution in [0.25, 0.3) is 0 Å². The summed E-state index contributed by atoms with van der Waals surface area (Å²) >= 11 is 0. The second-order valence-electron chi connectivity index (χ2n) is 14.9. The van der Waals surface area contributed by atoms with E-state index in [-0.39, 0.29) is 28.5 Å². The molecule has 0 radical (unpaired) electrons. The molecule has 45 heavy (non-hydrogen) atoms. The minimum Gasteiger partial charge on any atom is -1.00 e. The van der Waals surface area contributed by atoms with Crippen LogP contribution in [0.15, 0.2) is 11.6 Å². The summed E-state index contributed by atoms with van der Waals surface area (Å²) in [5.74, 6) is 6.32. The molecule has 0 aromatic heterocycles. The van der Waals surface area contributed by atoms with Crippen LogP contribution in [0, 0.1) is 46.3 Å². The van der Waals surface area contributed by atoms with Gasteiger partial charge in [0.15, 0.2) is 0 Å². The van der Waals surface area contributed by atoms with Gasteiger partial charge in [0.05, 0.1) is 0 Å². The van der Waals surface area contributed by atoms with Crippen molar-refractivity contribution in [3.63, 3.8) is 0 Å². The topological polar surface area (TPSA) is 99.9 Å². The van der Waals surface area contributed by atoms with E-state index < -0.39 is 12.2 Å². The van der Waals surface area contributed by atoms with Gasteiger partial charge in [-0.3, -0.25) is 0 Å². The van der Waals surface area contributed by atoms with Crippen LogP contribution >= 0.6 is 21.6 Å². The fraction of sp³-hybridized carbons (Fsp3) is 0.886. The molecule has 0 heterocycles. The van der Waals surface area contributed by atoms with Crippen LogP contribution in [0.4, 0.5) is 9.59 Å². The van der Waals surface area contributed by atoms with Gasteiger partial charge in [-0.15, -0.1) is 0 Å². The van der Waals surface area contributed by atoms with Crippen molar-refractivity contribution in [2.45, 2.75) is 111 Å². The zero-order valence-electron chi connectivity index (χ0n) is 28.5. The number of amides is 1. The Labute approximate surface area is 291 Å². The molecule has 8 unspecified atom stereocenters. The second-order valence-corrected chi connectivity index (χ2v) is 17.6. The van der Waals surface area contributed by atoms with Gasteiger partial charge >= 0.3 is 12.2 Å². The molecule has 8 atom stereocenters. The largest absolute Gasteiger partial charge is 1.00 e. The zero-order valence-corrected chi connectivity index (χ0v) is 31.7. The average molecular weight is 733 g/mol. The molecule has 0 bridgehead atoms. The number of rotatable bonds is 15. The highest BCUT2D eigenvalue weighted by molar-refractivity contribution is 8.76. The van der Waals surface area contributed by atoms with Crippen LogP contribution in [0.2, 0.25) is 0 Å². The smallest absolute Gasteiger partial charge is 0.508 e. The van der Waals surface area contributed by atoms with Crippen molar-refractivity contribution >= 4 is 33.8 Å². The Morgan fingerprint density at radius 2 is 1.73 bits per heavy atom. The fourth-order valence-electron chi connectivity index (χ4n) is 9.59. The van der Waals surface area contributed by atoms with Gasteiger partial charge in [-0.25, -0.2) is 9.59 Å². The Balaban J connectivity index is 0.00000552.